The van der Waals surface area contributed by atoms with Gasteiger partial charge in [-0.25, -0.2) is 9.18 Å². The molecule has 1 saturated heterocycles. The molecule has 11 heteroatoms. The Hall–Kier alpha value is -4.28. The number of aromatic nitrogens is 1. The van der Waals surface area contributed by atoms with Crippen LogP contribution >= 0.6 is 0 Å². The second-order valence-electron chi connectivity index (χ2n) is 7.47. The Balaban J connectivity index is 1.56. The number of halogens is 1. The number of furan rings is 1. The van der Waals surface area contributed by atoms with Crippen LogP contribution in [0.4, 0.5) is 9.18 Å². The van der Waals surface area contributed by atoms with Crippen molar-refractivity contribution in [2.24, 2.45) is 0 Å². The summed E-state index contributed by atoms with van der Waals surface area (Å²) in [5, 5.41) is 4.69. The van der Waals surface area contributed by atoms with Crippen LogP contribution in [0.15, 0.2) is 34.9 Å². The molecule has 4 heterocycles. The van der Waals surface area contributed by atoms with Crippen LogP contribution in [0.1, 0.15) is 32.0 Å². The molecule has 162 valence electrons. The summed E-state index contributed by atoms with van der Waals surface area (Å²) in [5.41, 5.74) is -0.643. The number of methoxy groups -OCH3 is 1. The van der Waals surface area contributed by atoms with E-state index >= 15 is 0 Å². The second-order valence-corrected chi connectivity index (χ2v) is 7.47. The number of aldehydes is 1. The van der Waals surface area contributed by atoms with Gasteiger partial charge in [-0.2, -0.15) is 0 Å². The summed E-state index contributed by atoms with van der Waals surface area (Å²) >= 11 is 0. The van der Waals surface area contributed by atoms with E-state index in [9.17, 15) is 23.6 Å². The minimum atomic E-state index is -1.77. The molecule has 2 N–H and O–H groups in total. The van der Waals surface area contributed by atoms with Crippen LogP contribution in [-0.4, -0.2) is 47.7 Å². The lowest BCUT2D eigenvalue weighted by Gasteiger charge is -2.28. The molecule has 0 radical (unpaired) electrons. The number of carbonyl (C=O) groups excluding carboxylic acids is 4. The summed E-state index contributed by atoms with van der Waals surface area (Å²) in [5.74, 6) is -2.23. The van der Waals surface area contributed by atoms with Crippen LogP contribution in [0.2, 0.25) is 0 Å². The molecule has 0 saturated carbocycles. The molecule has 0 bridgehead atoms. The van der Waals surface area contributed by atoms with E-state index in [4.69, 9.17) is 9.15 Å². The SMILES string of the molecule is COc1ccc2c(c1F)C(=O)N(C[C@@]1(c3cc4ncc(C=O)cc4o3)NC(=O)NC1=O)C2. The Morgan fingerprint density at radius 3 is 2.81 bits per heavy atom. The Bertz CT molecular complexity index is 1340. The van der Waals surface area contributed by atoms with E-state index in [0.29, 0.717) is 17.4 Å². The third-order valence-corrected chi connectivity index (χ3v) is 5.59. The molecule has 1 atom stereocenters. The van der Waals surface area contributed by atoms with Gasteiger partial charge in [0.1, 0.15) is 11.3 Å². The van der Waals surface area contributed by atoms with E-state index in [1.807, 2.05) is 0 Å². The molecule has 5 rings (SSSR count). The van der Waals surface area contributed by atoms with Crippen molar-refractivity contribution >= 4 is 35.2 Å². The van der Waals surface area contributed by atoms with Gasteiger partial charge in [0, 0.05) is 24.4 Å². The largest absolute Gasteiger partial charge is 0.494 e. The molecule has 3 aromatic rings. The van der Waals surface area contributed by atoms with Crippen LogP contribution < -0.4 is 15.4 Å². The first kappa shape index (κ1) is 19.7. The molecule has 2 aliphatic rings. The number of hydrogen-bond acceptors (Lipinski definition) is 7. The number of urea groups is 1. The highest BCUT2D eigenvalue weighted by Gasteiger charge is 2.53. The molecule has 1 aromatic carbocycles. The molecule has 2 aromatic heterocycles. The molecule has 0 aliphatic carbocycles. The van der Waals surface area contributed by atoms with Crippen molar-refractivity contribution in [3.8, 4) is 5.75 Å². The van der Waals surface area contributed by atoms with Crippen molar-refractivity contribution < 1.29 is 32.7 Å². The number of nitrogens with zero attached hydrogens (tertiary/aromatic N) is 2. The average Bonchev–Trinajstić information content (AvgIpc) is 3.42. The summed E-state index contributed by atoms with van der Waals surface area (Å²) in [6, 6.07) is 5.11. The lowest BCUT2D eigenvalue weighted by Crippen LogP contribution is -2.52. The number of hydrogen-bond donors (Lipinski definition) is 2. The highest BCUT2D eigenvalue weighted by Crippen LogP contribution is 2.36. The third-order valence-electron chi connectivity index (χ3n) is 5.59. The molecule has 0 spiro atoms. The lowest BCUT2D eigenvalue weighted by atomic mass is 9.95. The van der Waals surface area contributed by atoms with Gasteiger partial charge in [0.25, 0.3) is 11.8 Å². The number of pyridine rings is 1. The summed E-state index contributed by atoms with van der Waals surface area (Å²) in [6.45, 7) is -0.298. The normalized spacial score (nSPS) is 19.8. The number of nitrogens with one attached hydrogen (secondary N) is 2. The van der Waals surface area contributed by atoms with Crippen molar-refractivity contribution in [1.82, 2.24) is 20.5 Å². The summed E-state index contributed by atoms with van der Waals surface area (Å²) < 4.78 is 25.4. The van der Waals surface area contributed by atoms with Crippen molar-refractivity contribution in [2.45, 2.75) is 12.1 Å². The average molecular weight is 438 g/mol. The van der Waals surface area contributed by atoms with Gasteiger partial charge in [-0.1, -0.05) is 6.07 Å². The molecule has 0 unspecified atom stereocenters. The van der Waals surface area contributed by atoms with Crippen LogP contribution in [0.5, 0.6) is 5.75 Å². The van der Waals surface area contributed by atoms with E-state index in [1.165, 1.54) is 36.4 Å². The second kappa shape index (κ2) is 6.87. The zero-order valence-electron chi connectivity index (χ0n) is 16.6. The number of carbonyl (C=O) groups is 4. The van der Waals surface area contributed by atoms with Crippen molar-refractivity contribution in [2.75, 3.05) is 13.7 Å². The highest BCUT2D eigenvalue weighted by molar-refractivity contribution is 6.08. The number of ether oxygens (including phenoxy) is 1. The van der Waals surface area contributed by atoms with Crippen molar-refractivity contribution in [1.29, 1.82) is 0 Å². The van der Waals surface area contributed by atoms with Gasteiger partial charge >= 0.3 is 6.03 Å². The molecule has 32 heavy (non-hydrogen) atoms. The molecule has 2 aliphatic heterocycles. The van der Waals surface area contributed by atoms with Gasteiger partial charge in [0.15, 0.2) is 29.0 Å². The van der Waals surface area contributed by atoms with Gasteiger partial charge < -0.3 is 19.4 Å². The highest BCUT2D eigenvalue weighted by atomic mass is 19.1. The van der Waals surface area contributed by atoms with Gasteiger partial charge in [-0.05, 0) is 17.7 Å². The number of imide groups is 1. The first-order valence-electron chi connectivity index (χ1n) is 9.50. The third kappa shape index (κ3) is 2.74. The van der Waals surface area contributed by atoms with Gasteiger partial charge in [-0.15, -0.1) is 0 Å². The number of benzene rings is 1. The molecule has 10 nitrogen and oxygen atoms in total. The number of fused-ring (bicyclic) bond motifs is 2. The quantitative estimate of drug-likeness (QED) is 0.456. The Morgan fingerprint density at radius 2 is 2.12 bits per heavy atom. The smallest absolute Gasteiger partial charge is 0.322 e. The predicted molar refractivity (Wildman–Crippen MR) is 105 cm³/mol. The van der Waals surface area contributed by atoms with Crippen LogP contribution in [-0.2, 0) is 16.9 Å². The number of amides is 4. The van der Waals surface area contributed by atoms with E-state index in [2.05, 4.69) is 15.6 Å². The maximum Gasteiger partial charge on any atom is 0.322 e. The summed E-state index contributed by atoms with van der Waals surface area (Å²) in [4.78, 5) is 54.3. The molecule has 1 fully saturated rings. The van der Waals surface area contributed by atoms with E-state index < -0.39 is 29.2 Å². The van der Waals surface area contributed by atoms with Crippen LogP contribution in [0.3, 0.4) is 0 Å². The molecular weight excluding hydrogens is 423 g/mol. The topological polar surface area (TPSA) is 131 Å². The van der Waals surface area contributed by atoms with Crippen molar-refractivity contribution in [3.05, 3.63) is 58.7 Å². The monoisotopic (exact) mass is 438 g/mol. The summed E-state index contributed by atoms with van der Waals surface area (Å²) in [6.07, 6.45) is 1.93. The zero-order chi connectivity index (χ0) is 22.6. The summed E-state index contributed by atoms with van der Waals surface area (Å²) in [7, 11) is 1.29. The van der Waals surface area contributed by atoms with Crippen LogP contribution in [0.25, 0.3) is 11.1 Å². The first-order chi connectivity index (χ1) is 15.4. The number of rotatable bonds is 5. The predicted octanol–water partition coefficient (Wildman–Crippen LogP) is 1.48. The molecular formula is C21H15FN4O6. The Labute approximate surface area is 179 Å². The standard InChI is InChI=1S/C21H15FN4O6/c1-31-13-3-2-11-7-26(18(28)16(11)17(13)22)9-21(19(29)24-20(30)25-21)15-5-12-14(32-15)4-10(8-27)6-23-12/h2-6,8H,7,9H2,1H3,(H2,24,25,29,30)/t21-/m0/s1. The minimum absolute atomic E-state index is 0.0215. The van der Waals surface area contributed by atoms with E-state index in [1.54, 1.807) is 6.07 Å². The maximum atomic E-state index is 14.7. The Kier molecular flexibility index (Phi) is 4.22. The maximum absolute atomic E-state index is 14.7. The van der Waals surface area contributed by atoms with E-state index in [-0.39, 0.29) is 41.3 Å². The fourth-order valence-electron chi connectivity index (χ4n) is 4.03. The zero-order valence-corrected chi connectivity index (χ0v) is 16.6. The lowest BCUT2D eigenvalue weighted by molar-refractivity contribution is -0.125. The fraction of sp³-hybridized carbons (Fsp3) is 0.190. The molecule has 4 amide bonds. The van der Waals surface area contributed by atoms with Crippen LogP contribution in [0, 0.1) is 5.82 Å². The van der Waals surface area contributed by atoms with Gasteiger partial charge in [-0.3, -0.25) is 24.7 Å². The van der Waals surface area contributed by atoms with Gasteiger partial charge in [0.2, 0.25) is 0 Å². The fourth-order valence-corrected chi connectivity index (χ4v) is 4.03. The van der Waals surface area contributed by atoms with Crippen molar-refractivity contribution in [3.63, 3.8) is 0 Å². The van der Waals surface area contributed by atoms with Gasteiger partial charge in [0.05, 0.1) is 19.2 Å². The first-order valence-corrected chi connectivity index (χ1v) is 9.50. The minimum Gasteiger partial charge on any atom is -0.494 e. The van der Waals surface area contributed by atoms with E-state index in [0.717, 1.165) is 0 Å². The Morgan fingerprint density at radius 1 is 1.31 bits per heavy atom.